The van der Waals surface area contributed by atoms with E-state index in [-0.39, 0.29) is 0 Å². The fourth-order valence-electron chi connectivity index (χ4n) is 3.00. The van der Waals surface area contributed by atoms with Crippen molar-refractivity contribution < 1.29 is 18.9 Å². The van der Waals surface area contributed by atoms with Gasteiger partial charge >= 0.3 is 0 Å². The van der Waals surface area contributed by atoms with Gasteiger partial charge < -0.3 is 18.9 Å². The van der Waals surface area contributed by atoms with Crippen molar-refractivity contribution in [3.63, 3.8) is 0 Å². The van der Waals surface area contributed by atoms with Gasteiger partial charge in [0, 0.05) is 5.56 Å². The number of aromatic amines is 1. The highest BCUT2D eigenvalue weighted by Gasteiger charge is 2.18. The fraction of sp³-hybridized carbons (Fsp3) is 0.250. The first-order valence-corrected chi connectivity index (χ1v) is 9.53. The van der Waals surface area contributed by atoms with Gasteiger partial charge in [-0.2, -0.15) is 14.9 Å². The molecule has 150 valence electrons. The topological polar surface area (TPSA) is 82.9 Å². The van der Waals surface area contributed by atoms with Gasteiger partial charge in [-0.1, -0.05) is 12.1 Å². The summed E-state index contributed by atoms with van der Waals surface area (Å²) in [6.45, 7) is 3.45. The van der Waals surface area contributed by atoms with Crippen LogP contribution in [0.15, 0.2) is 41.5 Å². The highest BCUT2D eigenvalue weighted by atomic mass is 32.1. The molecule has 8 nitrogen and oxygen atoms in total. The lowest BCUT2D eigenvalue weighted by Crippen LogP contribution is -2.16. The Labute approximate surface area is 172 Å². The molecule has 9 heteroatoms. The standard InChI is InChI=1S/C20H20N4O4S/c1-3-26-15-7-5-4-6-14(15)19-22-23-20(29)24(19)21-12-13-10-16(25-2)18-17(11-13)27-8-9-28-18/h4-7,10-12H,3,8-9H2,1-2H3,(H,23,29)/b21-12-. The second-order valence-electron chi connectivity index (χ2n) is 6.09. The summed E-state index contributed by atoms with van der Waals surface area (Å²) >= 11 is 5.36. The Kier molecular flexibility index (Phi) is 5.48. The summed E-state index contributed by atoms with van der Waals surface area (Å²) in [7, 11) is 1.59. The third-order valence-corrected chi connectivity index (χ3v) is 4.52. The molecule has 0 amide bonds. The molecular weight excluding hydrogens is 392 g/mol. The molecule has 0 spiro atoms. The Hall–Kier alpha value is -3.33. The van der Waals surface area contributed by atoms with E-state index in [1.165, 1.54) is 0 Å². The number of aromatic nitrogens is 3. The van der Waals surface area contributed by atoms with Gasteiger partial charge in [0.25, 0.3) is 0 Å². The molecule has 2 heterocycles. The Morgan fingerprint density at radius 3 is 2.90 bits per heavy atom. The smallest absolute Gasteiger partial charge is 0.216 e. The average molecular weight is 412 g/mol. The van der Waals surface area contributed by atoms with Crippen molar-refractivity contribution in [2.24, 2.45) is 5.10 Å². The minimum atomic E-state index is 0.368. The molecule has 0 atom stereocenters. The van der Waals surface area contributed by atoms with E-state index < -0.39 is 0 Å². The van der Waals surface area contributed by atoms with Crippen LogP contribution in [0.25, 0.3) is 11.4 Å². The van der Waals surface area contributed by atoms with Gasteiger partial charge in [-0.25, -0.2) is 5.10 Å². The highest BCUT2D eigenvalue weighted by Crippen LogP contribution is 2.40. The summed E-state index contributed by atoms with van der Waals surface area (Å²) < 4.78 is 24.4. The lowest BCUT2D eigenvalue weighted by Gasteiger charge is -2.20. The Bertz CT molecular complexity index is 1090. The van der Waals surface area contributed by atoms with Crippen molar-refractivity contribution in [1.82, 2.24) is 14.9 Å². The number of methoxy groups -OCH3 is 1. The normalized spacial score (nSPS) is 12.9. The number of para-hydroxylation sites is 1. The number of hydrogen-bond donors (Lipinski definition) is 1. The molecule has 1 aliphatic heterocycles. The maximum Gasteiger partial charge on any atom is 0.216 e. The zero-order valence-electron chi connectivity index (χ0n) is 16.0. The first kappa shape index (κ1) is 19.0. The molecule has 0 fully saturated rings. The van der Waals surface area contributed by atoms with Gasteiger partial charge in [0.2, 0.25) is 10.5 Å². The molecule has 29 heavy (non-hydrogen) atoms. The van der Waals surface area contributed by atoms with Crippen LogP contribution in [-0.4, -0.2) is 48.0 Å². The molecule has 3 aromatic rings. The highest BCUT2D eigenvalue weighted by molar-refractivity contribution is 7.71. The van der Waals surface area contributed by atoms with Crippen molar-refractivity contribution in [3.8, 4) is 34.4 Å². The van der Waals surface area contributed by atoms with Gasteiger partial charge in [-0.3, -0.25) is 0 Å². The van der Waals surface area contributed by atoms with E-state index >= 15 is 0 Å². The van der Waals surface area contributed by atoms with Crippen molar-refractivity contribution in [2.45, 2.75) is 6.92 Å². The maximum absolute atomic E-state index is 5.71. The van der Waals surface area contributed by atoms with Gasteiger partial charge in [-0.15, -0.1) is 0 Å². The van der Waals surface area contributed by atoms with Crippen LogP contribution in [0, 0.1) is 4.77 Å². The van der Waals surface area contributed by atoms with E-state index in [1.807, 2.05) is 43.3 Å². The lowest BCUT2D eigenvalue weighted by molar-refractivity contribution is 0.165. The Morgan fingerprint density at radius 1 is 1.24 bits per heavy atom. The predicted molar refractivity (Wildman–Crippen MR) is 111 cm³/mol. The third kappa shape index (κ3) is 3.81. The quantitative estimate of drug-likeness (QED) is 0.491. The molecule has 1 N–H and O–H groups in total. The fourth-order valence-corrected chi connectivity index (χ4v) is 3.18. The van der Waals surface area contributed by atoms with E-state index in [0.717, 1.165) is 11.1 Å². The number of fused-ring (bicyclic) bond motifs is 1. The molecule has 0 bridgehead atoms. The number of rotatable bonds is 6. The van der Waals surface area contributed by atoms with Crippen LogP contribution in [0.4, 0.5) is 0 Å². The molecule has 0 radical (unpaired) electrons. The molecular formula is C20H20N4O4S. The second kappa shape index (κ2) is 8.36. The third-order valence-electron chi connectivity index (χ3n) is 4.25. The van der Waals surface area contributed by atoms with Crippen LogP contribution in [0.1, 0.15) is 12.5 Å². The van der Waals surface area contributed by atoms with Gasteiger partial charge in [0.05, 0.1) is 25.5 Å². The Morgan fingerprint density at radius 2 is 2.07 bits per heavy atom. The SMILES string of the molecule is CCOc1ccccc1-c1n[nH]c(=S)n1/N=C\c1cc(OC)c2c(c1)OCCO2. The zero-order valence-corrected chi connectivity index (χ0v) is 16.9. The summed E-state index contributed by atoms with van der Waals surface area (Å²) in [5.74, 6) is 3.07. The van der Waals surface area contributed by atoms with Crippen molar-refractivity contribution >= 4 is 18.4 Å². The van der Waals surface area contributed by atoms with Crippen molar-refractivity contribution in [1.29, 1.82) is 0 Å². The molecule has 0 saturated heterocycles. The number of nitrogens with one attached hydrogen (secondary N) is 1. The predicted octanol–water partition coefficient (Wildman–Crippen LogP) is 3.67. The number of nitrogens with zero attached hydrogens (tertiary/aromatic N) is 3. The van der Waals surface area contributed by atoms with Crippen LogP contribution in [0.5, 0.6) is 23.0 Å². The van der Waals surface area contributed by atoms with Gasteiger partial charge in [0.15, 0.2) is 17.3 Å². The molecule has 2 aromatic carbocycles. The number of ether oxygens (including phenoxy) is 4. The molecule has 0 unspecified atom stereocenters. The second-order valence-corrected chi connectivity index (χ2v) is 6.47. The monoisotopic (exact) mass is 412 g/mol. The van der Waals surface area contributed by atoms with E-state index in [1.54, 1.807) is 18.0 Å². The van der Waals surface area contributed by atoms with E-state index in [0.29, 0.717) is 53.4 Å². The van der Waals surface area contributed by atoms with Gasteiger partial charge in [-0.05, 0) is 43.4 Å². The Balaban J connectivity index is 1.72. The average Bonchev–Trinajstić information content (AvgIpc) is 3.12. The van der Waals surface area contributed by atoms with Crippen LogP contribution >= 0.6 is 12.2 Å². The molecule has 0 saturated carbocycles. The number of H-pyrrole nitrogens is 1. The zero-order chi connectivity index (χ0) is 20.2. The number of benzene rings is 2. The first-order chi connectivity index (χ1) is 14.2. The summed E-state index contributed by atoms with van der Waals surface area (Å²) in [5, 5.41) is 11.6. The summed E-state index contributed by atoms with van der Waals surface area (Å²) in [6.07, 6.45) is 1.67. The van der Waals surface area contributed by atoms with E-state index in [2.05, 4.69) is 15.3 Å². The lowest BCUT2D eigenvalue weighted by atomic mass is 10.2. The summed E-state index contributed by atoms with van der Waals surface area (Å²) in [6, 6.07) is 11.3. The summed E-state index contributed by atoms with van der Waals surface area (Å²) in [5.41, 5.74) is 1.57. The van der Waals surface area contributed by atoms with Crippen molar-refractivity contribution in [3.05, 3.63) is 46.7 Å². The minimum Gasteiger partial charge on any atom is -0.493 e. The van der Waals surface area contributed by atoms with Crippen LogP contribution in [0.2, 0.25) is 0 Å². The van der Waals surface area contributed by atoms with Crippen LogP contribution in [-0.2, 0) is 0 Å². The largest absolute Gasteiger partial charge is 0.493 e. The molecule has 0 aliphatic carbocycles. The van der Waals surface area contributed by atoms with Crippen LogP contribution in [0.3, 0.4) is 0 Å². The van der Waals surface area contributed by atoms with Gasteiger partial charge in [0.1, 0.15) is 19.0 Å². The molecule has 1 aliphatic rings. The first-order valence-electron chi connectivity index (χ1n) is 9.13. The molecule has 1 aromatic heterocycles. The molecule has 4 rings (SSSR count). The van der Waals surface area contributed by atoms with E-state index in [4.69, 9.17) is 31.2 Å². The minimum absolute atomic E-state index is 0.368. The number of hydrogen-bond acceptors (Lipinski definition) is 7. The van der Waals surface area contributed by atoms with Crippen LogP contribution < -0.4 is 18.9 Å². The maximum atomic E-state index is 5.71. The van der Waals surface area contributed by atoms with Crippen molar-refractivity contribution in [2.75, 3.05) is 26.9 Å². The van der Waals surface area contributed by atoms with E-state index in [9.17, 15) is 0 Å². The summed E-state index contributed by atoms with van der Waals surface area (Å²) in [4.78, 5) is 0.